The Morgan fingerprint density at radius 1 is 0.446 bits per heavy atom. The molecular weight excluding hydrogens is 687 g/mol. The molecule has 0 aromatic rings. The number of aliphatic hydroxyl groups excluding tert-OH is 2. The van der Waals surface area contributed by atoms with Crippen molar-refractivity contribution < 1.29 is 15.0 Å². The predicted octanol–water partition coefficient (Wildman–Crippen LogP) is 15.0. The minimum atomic E-state index is -0.875. The molecule has 2 unspecified atom stereocenters. The van der Waals surface area contributed by atoms with Crippen molar-refractivity contribution in [1.82, 2.24) is 5.32 Å². The third-order valence-corrected chi connectivity index (χ3v) is 10.0. The van der Waals surface area contributed by atoms with Crippen molar-refractivity contribution in [2.75, 3.05) is 6.61 Å². The lowest BCUT2D eigenvalue weighted by Gasteiger charge is -2.19. The van der Waals surface area contributed by atoms with E-state index >= 15 is 0 Å². The lowest BCUT2D eigenvalue weighted by molar-refractivity contribution is -0.123. The Bertz CT molecular complexity index is 1060. The summed E-state index contributed by atoms with van der Waals surface area (Å²) in [6.07, 6.45) is 69.5. The number of carbonyl (C=O) groups is 1. The molecule has 0 aromatic carbocycles. The molecule has 0 fully saturated rings. The van der Waals surface area contributed by atoms with E-state index in [1.54, 1.807) is 6.08 Å². The van der Waals surface area contributed by atoms with E-state index in [1.165, 1.54) is 116 Å². The van der Waals surface area contributed by atoms with Crippen LogP contribution in [0.5, 0.6) is 0 Å². The largest absolute Gasteiger partial charge is 0.394 e. The summed E-state index contributed by atoms with van der Waals surface area (Å²) in [5.74, 6) is -0.0841. The number of aliphatic hydroxyl groups is 2. The summed E-state index contributed by atoms with van der Waals surface area (Å²) in [6, 6.07) is -0.651. The zero-order chi connectivity index (χ0) is 40.7. The van der Waals surface area contributed by atoms with Crippen molar-refractivity contribution in [3.05, 3.63) is 97.2 Å². The Labute approximate surface area is 347 Å². The lowest BCUT2D eigenvalue weighted by atomic mass is 10.0. The van der Waals surface area contributed by atoms with Gasteiger partial charge >= 0.3 is 0 Å². The first-order valence-corrected chi connectivity index (χ1v) is 23.5. The van der Waals surface area contributed by atoms with Gasteiger partial charge in [0.25, 0.3) is 0 Å². The van der Waals surface area contributed by atoms with Crippen LogP contribution in [0.3, 0.4) is 0 Å². The molecule has 1 amide bonds. The van der Waals surface area contributed by atoms with E-state index in [4.69, 9.17) is 0 Å². The maximum Gasteiger partial charge on any atom is 0.220 e. The van der Waals surface area contributed by atoms with Crippen molar-refractivity contribution in [3.8, 4) is 0 Å². The van der Waals surface area contributed by atoms with Crippen LogP contribution in [0.2, 0.25) is 0 Å². The smallest absolute Gasteiger partial charge is 0.220 e. The van der Waals surface area contributed by atoms with Gasteiger partial charge in [0, 0.05) is 6.42 Å². The van der Waals surface area contributed by atoms with Gasteiger partial charge in [-0.05, 0) is 89.9 Å². The first-order chi connectivity index (χ1) is 27.7. The van der Waals surface area contributed by atoms with Crippen molar-refractivity contribution in [1.29, 1.82) is 0 Å². The number of hydrogen-bond donors (Lipinski definition) is 3. The molecule has 0 aromatic heterocycles. The Hall–Kier alpha value is -2.69. The van der Waals surface area contributed by atoms with Crippen LogP contribution in [-0.4, -0.2) is 34.9 Å². The number of carbonyl (C=O) groups excluding carboxylic acids is 1. The van der Waals surface area contributed by atoms with Crippen LogP contribution < -0.4 is 5.32 Å². The summed E-state index contributed by atoms with van der Waals surface area (Å²) in [5.41, 5.74) is 0. The molecule has 0 heterocycles. The van der Waals surface area contributed by atoms with Crippen LogP contribution in [-0.2, 0) is 4.79 Å². The number of rotatable bonds is 41. The summed E-state index contributed by atoms with van der Waals surface area (Å²) in [6.45, 7) is 4.15. The molecule has 0 aliphatic heterocycles. The van der Waals surface area contributed by atoms with E-state index in [-0.39, 0.29) is 12.5 Å². The average molecular weight is 776 g/mol. The predicted molar refractivity (Wildman–Crippen MR) is 248 cm³/mol. The fourth-order valence-corrected chi connectivity index (χ4v) is 6.47. The minimum absolute atomic E-state index is 0.0841. The molecule has 2 atom stereocenters. The van der Waals surface area contributed by atoms with Gasteiger partial charge in [-0.1, -0.05) is 207 Å². The highest BCUT2D eigenvalue weighted by Crippen LogP contribution is 2.14. The van der Waals surface area contributed by atoms with Gasteiger partial charge in [-0.15, -0.1) is 0 Å². The third kappa shape index (κ3) is 42.5. The van der Waals surface area contributed by atoms with Crippen LogP contribution in [0.15, 0.2) is 97.2 Å². The molecule has 0 radical (unpaired) electrons. The first kappa shape index (κ1) is 53.3. The highest BCUT2D eigenvalue weighted by molar-refractivity contribution is 5.76. The molecule has 56 heavy (non-hydrogen) atoms. The monoisotopic (exact) mass is 776 g/mol. The second-order valence-electron chi connectivity index (χ2n) is 15.4. The zero-order valence-electron chi connectivity index (χ0n) is 36.6. The van der Waals surface area contributed by atoms with Crippen LogP contribution in [0.25, 0.3) is 0 Å². The van der Waals surface area contributed by atoms with Gasteiger partial charge in [0.2, 0.25) is 5.91 Å². The molecule has 0 aliphatic carbocycles. The minimum Gasteiger partial charge on any atom is -0.394 e. The van der Waals surface area contributed by atoms with Gasteiger partial charge in [-0.3, -0.25) is 4.79 Å². The van der Waals surface area contributed by atoms with Gasteiger partial charge in [0.1, 0.15) is 0 Å². The maximum absolute atomic E-state index is 12.4. The number of allylic oxidation sites excluding steroid dienone is 15. The van der Waals surface area contributed by atoms with E-state index in [0.717, 1.165) is 70.6 Å². The van der Waals surface area contributed by atoms with Gasteiger partial charge in [0.05, 0.1) is 18.8 Å². The van der Waals surface area contributed by atoms with Gasteiger partial charge in [-0.25, -0.2) is 0 Å². The summed E-state index contributed by atoms with van der Waals surface area (Å²) in [7, 11) is 0. The number of amides is 1. The van der Waals surface area contributed by atoms with E-state index in [9.17, 15) is 15.0 Å². The summed E-state index contributed by atoms with van der Waals surface area (Å²) in [4.78, 5) is 12.4. The van der Waals surface area contributed by atoms with E-state index in [1.807, 2.05) is 6.08 Å². The molecule has 0 aliphatic rings. The quantitative estimate of drug-likeness (QED) is 0.0428. The van der Waals surface area contributed by atoms with Crippen LogP contribution in [0.4, 0.5) is 0 Å². The molecule has 4 heteroatoms. The normalized spacial score (nSPS) is 13.9. The van der Waals surface area contributed by atoms with Crippen LogP contribution in [0, 0.1) is 0 Å². The maximum atomic E-state index is 12.4. The summed E-state index contributed by atoms with van der Waals surface area (Å²) >= 11 is 0. The average Bonchev–Trinajstić information content (AvgIpc) is 3.20. The summed E-state index contributed by atoms with van der Waals surface area (Å²) < 4.78 is 0. The molecule has 320 valence electrons. The lowest BCUT2D eigenvalue weighted by Crippen LogP contribution is -2.45. The van der Waals surface area contributed by atoms with E-state index in [2.05, 4.69) is 104 Å². The Balaban J connectivity index is 3.60. The van der Waals surface area contributed by atoms with Crippen LogP contribution in [0.1, 0.15) is 206 Å². The standard InChI is InChI=1S/C52H89NO3/c1-3-5-7-9-11-13-15-17-19-20-21-22-23-24-25-26-27-28-29-30-31-32-34-36-38-40-42-44-46-48-52(56)53-50(49-54)51(55)47-45-43-41-39-37-35-33-18-16-14-12-10-8-6-4-2/h5,7,11,13,16-19,21-22,24-25,37,39,45,47,50-51,54-55H,3-4,6,8-10,12,14-15,20,23,26-36,38,40-44,46,48-49H2,1-2H3,(H,53,56)/b7-5-,13-11-,18-16+,19-17-,22-21-,25-24-,39-37+,47-45+. The van der Waals surface area contributed by atoms with Gasteiger partial charge in [-0.2, -0.15) is 0 Å². The van der Waals surface area contributed by atoms with Gasteiger partial charge < -0.3 is 15.5 Å². The second kappa shape index (κ2) is 46.7. The molecule has 3 N–H and O–H groups in total. The van der Waals surface area contributed by atoms with Crippen molar-refractivity contribution >= 4 is 5.91 Å². The Kier molecular flexibility index (Phi) is 44.4. The fourth-order valence-electron chi connectivity index (χ4n) is 6.47. The molecule has 0 saturated carbocycles. The van der Waals surface area contributed by atoms with E-state index < -0.39 is 12.1 Å². The highest BCUT2D eigenvalue weighted by Gasteiger charge is 2.17. The van der Waals surface area contributed by atoms with E-state index in [0.29, 0.717) is 6.42 Å². The second-order valence-corrected chi connectivity index (χ2v) is 15.4. The number of nitrogens with one attached hydrogen (secondary N) is 1. The molecule has 0 bridgehead atoms. The fraction of sp³-hybridized carbons (Fsp3) is 0.673. The number of hydrogen-bond acceptors (Lipinski definition) is 3. The third-order valence-electron chi connectivity index (χ3n) is 10.0. The zero-order valence-corrected chi connectivity index (χ0v) is 36.6. The topological polar surface area (TPSA) is 69.6 Å². The molecule has 4 nitrogen and oxygen atoms in total. The molecule has 0 rings (SSSR count). The Morgan fingerprint density at radius 2 is 0.804 bits per heavy atom. The molecule has 0 saturated heterocycles. The number of unbranched alkanes of at least 4 members (excludes halogenated alkanes) is 20. The van der Waals surface area contributed by atoms with Crippen LogP contribution >= 0.6 is 0 Å². The Morgan fingerprint density at radius 3 is 1.25 bits per heavy atom. The van der Waals surface area contributed by atoms with Gasteiger partial charge in [0.15, 0.2) is 0 Å². The first-order valence-electron chi connectivity index (χ1n) is 23.5. The SMILES string of the molecule is CC/C=C\C/C=C\C/C=C\C/C=C\C/C=C\CCCCCCCCCCCCCCCC(=O)NC(CO)C(O)/C=C/CC/C=C/CC/C=C/CCCCCCC. The molecule has 0 spiro atoms. The molecular formula is C52H89NO3. The van der Waals surface area contributed by atoms with Crippen molar-refractivity contribution in [2.24, 2.45) is 0 Å². The summed E-state index contributed by atoms with van der Waals surface area (Å²) in [5, 5.41) is 23.0. The van der Waals surface area contributed by atoms with Crippen molar-refractivity contribution in [3.63, 3.8) is 0 Å². The highest BCUT2D eigenvalue weighted by atomic mass is 16.3. The van der Waals surface area contributed by atoms with Crippen molar-refractivity contribution in [2.45, 2.75) is 219 Å².